The van der Waals surface area contributed by atoms with Crippen molar-refractivity contribution in [3.63, 3.8) is 0 Å². The van der Waals surface area contributed by atoms with E-state index in [9.17, 15) is 4.79 Å². The van der Waals surface area contributed by atoms with Crippen LogP contribution in [0.5, 0.6) is 0 Å². The Morgan fingerprint density at radius 2 is 2.10 bits per heavy atom. The number of hydrogen-bond acceptors (Lipinski definition) is 5. The topological polar surface area (TPSA) is 68.4 Å². The molecule has 3 atom stereocenters. The van der Waals surface area contributed by atoms with Gasteiger partial charge in [0.25, 0.3) is 0 Å². The third-order valence-corrected chi connectivity index (χ3v) is 4.14. The zero-order valence-electron chi connectivity index (χ0n) is 12.7. The maximum atomic E-state index is 12.3. The van der Waals surface area contributed by atoms with Crippen LogP contribution in [0, 0.1) is 12.8 Å². The van der Waals surface area contributed by atoms with Gasteiger partial charge in [0.15, 0.2) is 6.29 Å². The molecular formula is C15H23N5O. The van der Waals surface area contributed by atoms with Crippen LogP contribution < -0.4 is 21.4 Å². The fourth-order valence-electron chi connectivity index (χ4n) is 2.97. The highest BCUT2D eigenvalue weighted by Crippen LogP contribution is 2.21. The Kier molecular flexibility index (Phi) is 3.84. The van der Waals surface area contributed by atoms with Crippen molar-refractivity contribution in [1.82, 2.24) is 21.1 Å². The Morgan fingerprint density at radius 1 is 1.33 bits per heavy atom. The quantitative estimate of drug-likeness (QED) is 0.655. The molecule has 1 amide bonds. The van der Waals surface area contributed by atoms with Gasteiger partial charge in [-0.1, -0.05) is 18.2 Å². The van der Waals surface area contributed by atoms with Gasteiger partial charge in [0, 0.05) is 18.3 Å². The molecule has 3 rings (SSSR count). The van der Waals surface area contributed by atoms with Gasteiger partial charge in [-0.05, 0) is 32.4 Å². The fourth-order valence-corrected chi connectivity index (χ4v) is 2.97. The molecule has 4 N–H and O–H groups in total. The molecular weight excluding hydrogens is 266 g/mol. The summed E-state index contributed by atoms with van der Waals surface area (Å²) in [5.74, 6) is 0.0304. The Morgan fingerprint density at radius 3 is 2.81 bits per heavy atom. The van der Waals surface area contributed by atoms with E-state index in [2.05, 4.69) is 40.2 Å². The molecule has 0 radical (unpaired) electrons. The van der Waals surface area contributed by atoms with E-state index >= 15 is 0 Å². The molecule has 21 heavy (non-hydrogen) atoms. The van der Waals surface area contributed by atoms with Crippen LogP contribution in [-0.4, -0.2) is 36.0 Å². The van der Waals surface area contributed by atoms with Crippen molar-refractivity contribution in [2.75, 3.05) is 11.9 Å². The van der Waals surface area contributed by atoms with Crippen molar-refractivity contribution in [1.29, 1.82) is 0 Å². The normalized spacial score (nSPS) is 29.3. The predicted octanol–water partition coefficient (Wildman–Crippen LogP) is 0.581. The van der Waals surface area contributed by atoms with Gasteiger partial charge in [0.05, 0.1) is 12.1 Å². The molecule has 1 aromatic rings. The lowest BCUT2D eigenvalue weighted by molar-refractivity contribution is -0.129. The number of anilines is 1. The monoisotopic (exact) mass is 289 g/mol. The summed E-state index contributed by atoms with van der Waals surface area (Å²) in [4.78, 5) is 12.3. The first-order valence-corrected chi connectivity index (χ1v) is 7.46. The molecule has 0 saturated carbocycles. The standard InChI is InChI=1S/C15H23N5O/c1-9(2)20-13-11(8-16-20)14(21)19-15(18-13)17-12-7-5-4-6-10(12)3/h4-7,9,11,13,15-18H,8H2,1-3H3,(H,19,21). The Labute approximate surface area is 125 Å². The average molecular weight is 289 g/mol. The third kappa shape index (κ3) is 2.74. The van der Waals surface area contributed by atoms with Crippen LogP contribution in [0.2, 0.25) is 0 Å². The predicted molar refractivity (Wildman–Crippen MR) is 82.1 cm³/mol. The summed E-state index contributed by atoms with van der Waals surface area (Å²) < 4.78 is 0. The molecule has 2 aliphatic heterocycles. The van der Waals surface area contributed by atoms with Gasteiger partial charge < -0.3 is 10.6 Å². The summed E-state index contributed by atoms with van der Waals surface area (Å²) >= 11 is 0. The smallest absolute Gasteiger partial charge is 0.230 e. The van der Waals surface area contributed by atoms with Gasteiger partial charge in [-0.15, -0.1) is 0 Å². The molecule has 0 bridgehead atoms. The molecule has 2 fully saturated rings. The number of carbonyl (C=O) groups is 1. The molecule has 1 aromatic carbocycles. The van der Waals surface area contributed by atoms with Crippen LogP contribution in [0.25, 0.3) is 0 Å². The molecule has 6 heteroatoms. The largest absolute Gasteiger partial charge is 0.353 e. The Balaban J connectivity index is 1.74. The zero-order valence-corrected chi connectivity index (χ0v) is 12.7. The summed E-state index contributed by atoms with van der Waals surface area (Å²) in [6.07, 6.45) is -0.249. The number of fused-ring (bicyclic) bond motifs is 1. The van der Waals surface area contributed by atoms with Gasteiger partial charge in [-0.25, -0.2) is 5.01 Å². The molecule has 3 unspecified atom stereocenters. The SMILES string of the molecule is Cc1ccccc1NC1NC(=O)C2CNN(C(C)C)C2N1. The fraction of sp³-hybridized carbons (Fsp3) is 0.533. The first-order chi connectivity index (χ1) is 10.1. The average Bonchev–Trinajstić information content (AvgIpc) is 2.86. The molecule has 6 nitrogen and oxygen atoms in total. The van der Waals surface area contributed by atoms with Crippen LogP contribution in [0.4, 0.5) is 5.69 Å². The lowest BCUT2D eigenvalue weighted by Crippen LogP contribution is -2.67. The summed E-state index contributed by atoms with van der Waals surface area (Å²) in [7, 11) is 0. The van der Waals surface area contributed by atoms with Crippen molar-refractivity contribution in [3.05, 3.63) is 29.8 Å². The lowest BCUT2D eigenvalue weighted by atomic mass is 10.0. The van der Waals surface area contributed by atoms with Gasteiger partial charge in [-0.3, -0.25) is 15.5 Å². The first kappa shape index (κ1) is 14.3. The van der Waals surface area contributed by atoms with E-state index in [0.29, 0.717) is 12.6 Å². The van der Waals surface area contributed by atoms with Crippen molar-refractivity contribution < 1.29 is 4.79 Å². The minimum absolute atomic E-state index is 0.0141. The number of nitrogens with one attached hydrogen (secondary N) is 4. The second kappa shape index (κ2) is 5.63. The number of nitrogens with zero attached hydrogens (tertiary/aromatic N) is 1. The van der Waals surface area contributed by atoms with E-state index in [1.165, 1.54) is 0 Å². The van der Waals surface area contributed by atoms with Crippen LogP contribution in [-0.2, 0) is 4.79 Å². The number of carbonyl (C=O) groups excluding carboxylic acids is 1. The van der Waals surface area contributed by atoms with E-state index in [1.807, 2.05) is 31.2 Å². The minimum Gasteiger partial charge on any atom is -0.353 e. The van der Waals surface area contributed by atoms with Gasteiger partial charge in [-0.2, -0.15) is 0 Å². The van der Waals surface area contributed by atoms with Gasteiger partial charge in [0.1, 0.15) is 0 Å². The number of benzene rings is 1. The summed E-state index contributed by atoms with van der Waals surface area (Å²) in [5, 5.41) is 11.9. The van der Waals surface area contributed by atoms with Crippen LogP contribution in [0.1, 0.15) is 19.4 Å². The summed E-state index contributed by atoms with van der Waals surface area (Å²) in [6.45, 7) is 6.97. The van der Waals surface area contributed by atoms with E-state index in [4.69, 9.17) is 0 Å². The molecule has 2 heterocycles. The Bertz CT molecular complexity index is 533. The van der Waals surface area contributed by atoms with Crippen molar-refractivity contribution in [3.8, 4) is 0 Å². The molecule has 0 aliphatic carbocycles. The van der Waals surface area contributed by atoms with Gasteiger partial charge in [0.2, 0.25) is 5.91 Å². The number of hydrazine groups is 1. The molecule has 0 aromatic heterocycles. The number of rotatable bonds is 3. The van der Waals surface area contributed by atoms with E-state index in [0.717, 1.165) is 11.3 Å². The number of para-hydroxylation sites is 1. The highest BCUT2D eigenvalue weighted by Gasteiger charge is 2.44. The third-order valence-electron chi connectivity index (χ3n) is 4.14. The van der Waals surface area contributed by atoms with Crippen LogP contribution in [0.3, 0.4) is 0 Å². The first-order valence-electron chi connectivity index (χ1n) is 7.46. The van der Waals surface area contributed by atoms with E-state index < -0.39 is 0 Å². The van der Waals surface area contributed by atoms with E-state index in [-0.39, 0.29) is 24.3 Å². The van der Waals surface area contributed by atoms with Crippen molar-refractivity contribution in [2.24, 2.45) is 5.92 Å². The van der Waals surface area contributed by atoms with Crippen LogP contribution >= 0.6 is 0 Å². The highest BCUT2D eigenvalue weighted by atomic mass is 16.2. The van der Waals surface area contributed by atoms with Gasteiger partial charge >= 0.3 is 0 Å². The summed E-state index contributed by atoms with van der Waals surface area (Å²) in [6, 6.07) is 8.39. The maximum Gasteiger partial charge on any atom is 0.230 e. The number of hydrogen-bond donors (Lipinski definition) is 4. The minimum atomic E-state index is -0.263. The van der Waals surface area contributed by atoms with Crippen molar-refractivity contribution in [2.45, 2.75) is 39.3 Å². The Hall–Kier alpha value is -1.63. The summed E-state index contributed by atoms with van der Waals surface area (Å²) in [5.41, 5.74) is 5.48. The molecule has 2 aliphatic rings. The second-order valence-corrected chi connectivity index (χ2v) is 5.98. The van der Waals surface area contributed by atoms with Crippen molar-refractivity contribution >= 4 is 11.6 Å². The highest BCUT2D eigenvalue weighted by molar-refractivity contribution is 5.81. The molecule has 2 saturated heterocycles. The molecule has 0 spiro atoms. The number of aryl methyl sites for hydroxylation is 1. The van der Waals surface area contributed by atoms with E-state index in [1.54, 1.807) is 0 Å². The maximum absolute atomic E-state index is 12.3. The lowest BCUT2D eigenvalue weighted by Gasteiger charge is -2.38. The molecule has 114 valence electrons. The van der Waals surface area contributed by atoms with Crippen LogP contribution in [0.15, 0.2) is 24.3 Å². The second-order valence-electron chi connectivity index (χ2n) is 5.98. The zero-order chi connectivity index (χ0) is 15.0. The number of amides is 1.